The molecule has 0 fully saturated rings. The fourth-order valence-corrected chi connectivity index (χ4v) is 3.68. The van der Waals surface area contributed by atoms with E-state index in [1.54, 1.807) is 7.11 Å². The number of methoxy groups -OCH3 is 1. The van der Waals surface area contributed by atoms with Gasteiger partial charge in [0.15, 0.2) is 0 Å². The number of rotatable bonds is 13. The average molecular weight is 347 g/mol. The molecule has 0 saturated carbocycles. The van der Waals surface area contributed by atoms with Crippen LogP contribution in [0.5, 0.6) is 0 Å². The van der Waals surface area contributed by atoms with Gasteiger partial charge in [-0.25, -0.2) is 0 Å². The molecule has 0 aromatic heterocycles. The third kappa shape index (κ3) is 8.43. The van der Waals surface area contributed by atoms with Gasteiger partial charge >= 0.3 is 15.2 Å². The van der Waals surface area contributed by atoms with Crippen LogP contribution < -0.4 is 0 Å². The molecule has 0 atom stereocenters. The van der Waals surface area contributed by atoms with E-state index in [9.17, 15) is 9.13 Å². The topological polar surface area (TPSA) is 83.5 Å². The van der Waals surface area contributed by atoms with Gasteiger partial charge in [-0.3, -0.25) is 14.0 Å². The third-order valence-electron chi connectivity index (χ3n) is 3.10. The molecule has 0 unspecified atom stereocenters. The summed E-state index contributed by atoms with van der Waals surface area (Å²) in [5.74, 6) is 0. The van der Waals surface area contributed by atoms with Crippen molar-refractivity contribution in [1.29, 1.82) is 0 Å². The molecule has 0 aromatic carbocycles. The quantitative estimate of drug-likeness (QED) is 0.467. The summed E-state index contributed by atoms with van der Waals surface area (Å²) in [6.45, 7) is 2.05. The molecule has 0 aromatic rings. The van der Waals surface area contributed by atoms with Gasteiger partial charge in [-0.1, -0.05) is 0 Å². The summed E-state index contributed by atoms with van der Waals surface area (Å²) in [6, 6.07) is 0. The second-order valence-corrected chi connectivity index (χ2v) is 9.03. The van der Waals surface area contributed by atoms with Gasteiger partial charge in [0.25, 0.3) is 0 Å². The smallest absolute Gasteiger partial charge is 0.331 e. The summed E-state index contributed by atoms with van der Waals surface area (Å²) in [5, 5.41) is 0. The van der Waals surface area contributed by atoms with Gasteiger partial charge in [0.2, 0.25) is 0 Å². The maximum absolute atomic E-state index is 12.0. The summed E-state index contributed by atoms with van der Waals surface area (Å²) in [5.41, 5.74) is 0. The lowest BCUT2D eigenvalue weighted by Gasteiger charge is -2.25. The van der Waals surface area contributed by atoms with Crippen molar-refractivity contribution in [1.82, 2.24) is 4.90 Å². The highest BCUT2D eigenvalue weighted by Gasteiger charge is 2.25. The molecule has 0 rings (SSSR count). The second-order valence-electron chi connectivity index (χ2n) is 4.23. The molecule has 0 radical (unpaired) electrons. The van der Waals surface area contributed by atoms with Gasteiger partial charge in [-0.2, -0.15) is 0 Å². The number of nitrogens with zero attached hydrogens (tertiary/aromatic N) is 1. The van der Waals surface area contributed by atoms with Crippen LogP contribution in [-0.2, 0) is 32.0 Å². The predicted molar refractivity (Wildman–Crippen MR) is 81.3 cm³/mol. The molecule has 0 N–H and O–H groups in total. The van der Waals surface area contributed by atoms with Crippen molar-refractivity contribution in [3.8, 4) is 0 Å². The molecule has 0 aliphatic rings. The molecule has 0 amide bonds. The number of ether oxygens (including phenoxy) is 1. The summed E-state index contributed by atoms with van der Waals surface area (Å²) < 4.78 is 48.7. The summed E-state index contributed by atoms with van der Waals surface area (Å²) in [4.78, 5) is 1.96. The highest BCUT2D eigenvalue weighted by Crippen LogP contribution is 2.47. The minimum absolute atomic E-state index is 0.244. The van der Waals surface area contributed by atoms with E-state index < -0.39 is 15.2 Å². The van der Waals surface area contributed by atoms with Crippen molar-refractivity contribution in [2.45, 2.75) is 0 Å². The first kappa shape index (κ1) is 21.2. The van der Waals surface area contributed by atoms with Crippen molar-refractivity contribution in [3.63, 3.8) is 0 Å². The zero-order valence-corrected chi connectivity index (χ0v) is 15.2. The Kier molecular flexibility index (Phi) is 11.0. The van der Waals surface area contributed by atoms with Crippen molar-refractivity contribution in [2.75, 3.05) is 74.1 Å². The lowest BCUT2D eigenvalue weighted by Crippen LogP contribution is -2.33. The van der Waals surface area contributed by atoms with E-state index in [1.165, 1.54) is 28.4 Å². The van der Waals surface area contributed by atoms with Crippen molar-refractivity contribution in [3.05, 3.63) is 0 Å². The minimum Gasteiger partial charge on any atom is -0.383 e. The van der Waals surface area contributed by atoms with Crippen LogP contribution in [0.15, 0.2) is 0 Å². The highest BCUT2D eigenvalue weighted by molar-refractivity contribution is 7.54. The Labute approximate surface area is 127 Å². The first-order valence-electron chi connectivity index (χ1n) is 6.51. The monoisotopic (exact) mass is 347 g/mol. The van der Waals surface area contributed by atoms with Gasteiger partial charge < -0.3 is 22.8 Å². The Morgan fingerprint density at radius 3 is 1.38 bits per heavy atom. The zero-order valence-electron chi connectivity index (χ0n) is 13.4. The molecular formula is C11H27NO7P2. The maximum Gasteiger partial charge on any atom is 0.331 e. The largest absolute Gasteiger partial charge is 0.383 e. The van der Waals surface area contributed by atoms with Crippen LogP contribution in [0.1, 0.15) is 0 Å². The first-order chi connectivity index (χ1) is 9.88. The minimum atomic E-state index is -3.06. The van der Waals surface area contributed by atoms with E-state index in [1.807, 2.05) is 4.90 Å². The SMILES string of the molecule is COCCN(CCP(=O)(OC)OC)CCP(=O)(OC)OC. The molecule has 0 spiro atoms. The molecular weight excluding hydrogens is 320 g/mol. The molecule has 10 heteroatoms. The Morgan fingerprint density at radius 1 is 0.714 bits per heavy atom. The normalized spacial score (nSPS) is 13.0. The predicted octanol–water partition coefficient (Wildman–Crippen LogP) is 1.91. The van der Waals surface area contributed by atoms with E-state index in [4.69, 9.17) is 22.8 Å². The number of hydrogen-bond acceptors (Lipinski definition) is 8. The molecule has 0 saturated heterocycles. The van der Waals surface area contributed by atoms with Crippen LogP contribution in [0.25, 0.3) is 0 Å². The van der Waals surface area contributed by atoms with Gasteiger partial charge in [0, 0.05) is 55.2 Å². The maximum atomic E-state index is 12.0. The van der Waals surface area contributed by atoms with E-state index in [2.05, 4.69) is 0 Å². The Hall–Kier alpha value is 0.220. The summed E-state index contributed by atoms with van der Waals surface area (Å²) in [6.07, 6.45) is 0.488. The van der Waals surface area contributed by atoms with Crippen LogP contribution >= 0.6 is 15.2 Å². The van der Waals surface area contributed by atoms with Crippen LogP contribution in [0, 0.1) is 0 Å². The standard InChI is InChI=1S/C11H27NO7P2/c1-15-9-6-12(7-10-20(13,16-2)17-3)8-11-21(14,18-4)19-5/h6-11H2,1-5H3. The van der Waals surface area contributed by atoms with Gasteiger partial charge in [0.1, 0.15) is 0 Å². The van der Waals surface area contributed by atoms with Crippen LogP contribution in [-0.4, -0.2) is 79.0 Å². The van der Waals surface area contributed by atoms with Crippen molar-refractivity contribution in [2.24, 2.45) is 0 Å². The lowest BCUT2D eigenvalue weighted by molar-refractivity contribution is 0.151. The van der Waals surface area contributed by atoms with E-state index in [0.717, 1.165) is 0 Å². The van der Waals surface area contributed by atoms with Crippen LogP contribution in [0.2, 0.25) is 0 Å². The Balaban J connectivity index is 4.52. The van der Waals surface area contributed by atoms with Gasteiger partial charge in [0.05, 0.1) is 18.9 Å². The molecule has 21 heavy (non-hydrogen) atoms. The fourth-order valence-electron chi connectivity index (χ4n) is 1.60. The second kappa shape index (κ2) is 10.9. The molecule has 0 aliphatic heterocycles. The Morgan fingerprint density at radius 2 is 1.10 bits per heavy atom. The molecule has 0 aliphatic carbocycles. The highest BCUT2D eigenvalue weighted by atomic mass is 31.2. The Bertz CT molecular complexity index is 320. The first-order valence-corrected chi connectivity index (χ1v) is 9.96. The van der Waals surface area contributed by atoms with Gasteiger partial charge in [-0.05, 0) is 0 Å². The molecule has 0 bridgehead atoms. The summed E-state index contributed by atoms with van der Waals surface area (Å²) >= 11 is 0. The lowest BCUT2D eigenvalue weighted by atomic mass is 10.5. The van der Waals surface area contributed by atoms with E-state index in [-0.39, 0.29) is 12.3 Å². The average Bonchev–Trinajstić information content (AvgIpc) is 2.53. The molecule has 128 valence electrons. The van der Waals surface area contributed by atoms with Crippen molar-refractivity contribution >= 4 is 15.2 Å². The molecule has 0 heterocycles. The number of hydrogen-bond donors (Lipinski definition) is 0. The fraction of sp³-hybridized carbons (Fsp3) is 1.00. The zero-order chi connectivity index (χ0) is 16.4. The summed E-state index contributed by atoms with van der Waals surface area (Å²) in [7, 11) is 0.901. The van der Waals surface area contributed by atoms with Gasteiger partial charge in [-0.15, -0.1) is 0 Å². The van der Waals surface area contributed by atoms with E-state index in [0.29, 0.717) is 26.2 Å². The molecule has 8 nitrogen and oxygen atoms in total. The van der Waals surface area contributed by atoms with E-state index >= 15 is 0 Å². The van der Waals surface area contributed by atoms with Crippen LogP contribution in [0.4, 0.5) is 0 Å². The van der Waals surface area contributed by atoms with Crippen molar-refractivity contribution < 1.29 is 32.0 Å². The van der Waals surface area contributed by atoms with Crippen LogP contribution in [0.3, 0.4) is 0 Å². The third-order valence-corrected chi connectivity index (χ3v) is 6.83.